The van der Waals surface area contributed by atoms with Crippen molar-refractivity contribution in [3.05, 3.63) is 12.7 Å². The maximum atomic E-state index is 6.67. The Bertz CT molecular complexity index is 624. The Balaban J connectivity index is 1.49. The third-order valence-electron chi connectivity index (χ3n) is 11.7. The molecule has 4 fully saturated rings. The van der Waals surface area contributed by atoms with Crippen LogP contribution in [0, 0.1) is 58.2 Å². The van der Waals surface area contributed by atoms with Gasteiger partial charge in [-0.1, -0.05) is 60.0 Å². The highest BCUT2D eigenvalue weighted by Gasteiger charge is 2.61. The molecule has 0 aromatic rings. The quantitative estimate of drug-likeness (QED) is 0.407. The maximum Gasteiger partial charge on any atom is 0.00731 e. The summed E-state index contributed by atoms with van der Waals surface area (Å²) < 4.78 is 0. The smallest absolute Gasteiger partial charge is 0.00731 e. The lowest BCUT2D eigenvalue weighted by Crippen LogP contribution is -2.57. The van der Waals surface area contributed by atoms with Gasteiger partial charge in [0, 0.05) is 6.04 Å². The van der Waals surface area contributed by atoms with Crippen molar-refractivity contribution >= 4 is 0 Å². The summed E-state index contributed by atoms with van der Waals surface area (Å²) in [4.78, 5) is 0. The van der Waals surface area contributed by atoms with Gasteiger partial charge in [-0.15, -0.1) is 6.58 Å². The fourth-order valence-corrected chi connectivity index (χ4v) is 10.1. The second-order valence-electron chi connectivity index (χ2n) is 13.5. The minimum Gasteiger partial charge on any atom is -0.327 e. The average Bonchev–Trinajstić information content (AvgIpc) is 3.07. The van der Waals surface area contributed by atoms with Crippen LogP contribution in [0.4, 0.5) is 0 Å². The van der Waals surface area contributed by atoms with Crippen LogP contribution in [0.2, 0.25) is 0 Å². The Morgan fingerprint density at radius 2 is 1.55 bits per heavy atom. The van der Waals surface area contributed by atoms with Crippen LogP contribution in [0.15, 0.2) is 12.7 Å². The van der Waals surface area contributed by atoms with Crippen molar-refractivity contribution in [2.75, 3.05) is 0 Å². The van der Waals surface area contributed by atoms with Gasteiger partial charge in [-0.3, -0.25) is 0 Å². The summed E-state index contributed by atoms with van der Waals surface area (Å²) in [5, 5.41) is 0. The van der Waals surface area contributed by atoms with Crippen LogP contribution in [0.1, 0.15) is 112 Å². The molecule has 0 aliphatic heterocycles. The molecular weight excluding hydrogens is 374 g/mol. The van der Waals surface area contributed by atoms with Crippen molar-refractivity contribution in [2.45, 2.75) is 118 Å². The number of fused-ring (bicyclic) bond motifs is 5. The molecule has 0 saturated heterocycles. The first kappa shape index (κ1) is 23.8. The highest BCUT2D eigenvalue weighted by atomic mass is 14.7. The standard InChI is InChI=1S/C30H53N/c1-7-9-23-26-13-12-22-25-15-14-24(21(4)11-8-10-20(2)3)29(25,5)18-16-27(22)30(26,6)19-17-28(23)31/h7,20-28H,1,8-19,31H2,2-6H3/t21-,22-,23-,24+,25-,26-,27-,28-,29+,30-/m0/s1. The van der Waals surface area contributed by atoms with Gasteiger partial charge >= 0.3 is 0 Å². The van der Waals surface area contributed by atoms with Gasteiger partial charge in [0.2, 0.25) is 0 Å². The first-order valence-corrected chi connectivity index (χ1v) is 14.1. The maximum absolute atomic E-state index is 6.67. The Kier molecular flexibility index (Phi) is 7.04. The van der Waals surface area contributed by atoms with Crippen molar-refractivity contribution < 1.29 is 0 Å². The molecule has 0 heterocycles. The predicted octanol–water partition coefficient (Wildman–Crippen LogP) is 8.24. The van der Waals surface area contributed by atoms with Gasteiger partial charge in [-0.25, -0.2) is 0 Å². The molecule has 31 heavy (non-hydrogen) atoms. The first-order valence-electron chi connectivity index (χ1n) is 14.1. The van der Waals surface area contributed by atoms with Crippen LogP contribution in [0.25, 0.3) is 0 Å². The third-order valence-corrected chi connectivity index (χ3v) is 11.7. The molecular formula is C30H53N. The van der Waals surface area contributed by atoms with Gasteiger partial charge in [0.1, 0.15) is 0 Å². The molecule has 0 radical (unpaired) electrons. The Morgan fingerprint density at radius 1 is 0.871 bits per heavy atom. The number of nitrogens with two attached hydrogens (primary N) is 1. The van der Waals surface area contributed by atoms with Crippen molar-refractivity contribution in [3.63, 3.8) is 0 Å². The summed E-state index contributed by atoms with van der Waals surface area (Å²) >= 11 is 0. The summed E-state index contributed by atoms with van der Waals surface area (Å²) in [5.41, 5.74) is 7.82. The van der Waals surface area contributed by atoms with E-state index in [0.29, 0.717) is 22.8 Å². The average molecular weight is 428 g/mol. The highest BCUT2D eigenvalue weighted by Crippen LogP contribution is 2.69. The lowest BCUT2D eigenvalue weighted by molar-refractivity contribution is -0.132. The minimum absolute atomic E-state index is 0.407. The second-order valence-corrected chi connectivity index (χ2v) is 13.5. The number of allylic oxidation sites excluding steroid dienone is 1. The Hall–Kier alpha value is -0.300. The molecule has 4 rings (SSSR count). The van der Waals surface area contributed by atoms with E-state index in [2.05, 4.69) is 47.3 Å². The first-order chi connectivity index (χ1) is 14.7. The molecule has 0 amide bonds. The zero-order valence-corrected chi connectivity index (χ0v) is 21.5. The van der Waals surface area contributed by atoms with Crippen LogP contribution in [-0.4, -0.2) is 6.04 Å². The van der Waals surface area contributed by atoms with E-state index in [4.69, 9.17) is 5.73 Å². The Morgan fingerprint density at radius 3 is 2.26 bits per heavy atom. The van der Waals surface area contributed by atoms with Crippen LogP contribution < -0.4 is 5.73 Å². The third kappa shape index (κ3) is 4.08. The van der Waals surface area contributed by atoms with Gasteiger partial charge in [-0.2, -0.15) is 0 Å². The minimum atomic E-state index is 0.407. The summed E-state index contributed by atoms with van der Waals surface area (Å²) in [6, 6.07) is 0.407. The lowest BCUT2D eigenvalue weighted by atomic mass is 9.42. The van der Waals surface area contributed by atoms with E-state index < -0.39 is 0 Å². The number of hydrogen-bond acceptors (Lipinski definition) is 1. The predicted molar refractivity (Wildman–Crippen MR) is 135 cm³/mol. The van der Waals surface area contributed by atoms with Gasteiger partial charge in [0.25, 0.3) is 0 Å². The Labute approximate surface area is 194 Å². The molecule has 4 saturated carbocycles. The lowest BCUT2D eigenvalue weighted by Gasteiger charge is -2.63. The van der Waals surface area contributed by atoms with Crippen molar-refractivity contribution in [2.24, 2.45) is 63.9 Å². The molecule has 1 heteroatoms. The van der Waals surface area contributed by atoms with E-state index in [0.717, 1.165) is 47.8 Å². The zero-order valence-electron chi connectivity index (χ0n) is 21.5. The fourth-order valence-electron chi connectivity index (χ4n) is 10.1. The van der Waals surface area contributed by atoms with E-state index in [-0.39, 0.29) is 0 Å². The fraction of sp³-hybridized carbons (Fsp3) is 0.933. The summed E-state index contributed by atoms with van der Waals surface area (Å²) in [7, 11) is 0. The zero-order chi connectivity index (χ0) is 22.4. The topological polar surface area (TPSA) is 26.0 Å². The largest absolute Gasteiger partial charge is 0.327 e. The van der Waals surface area contributed by atoms with E-state index in [9.17, 15) is 0 Å². The van der Waals surface area contributed by atoms with Crippen LogP contribution >= 0.6 is 0 Å². The van der Waals surface area contributed by atoms with Gasteiger partial charge in [-0.05, 0) is 116 Å². The molecule has 178 valence electrons. The molecule has 4 aliphatic carbocycles. The molecule has 10 atom stereocenters. The molecule has 0 bridgehead atoms. The van der Waals surface area contributed by atoms with Gasteiger partial charge < -0.3 is 5.73 Å². The molecule has 0 aromatic carbocycles. The van der Waals surface area contributed by atoms with Crippen molar-refractivity contribution in [1.29, 1.82) is 0 Å². The van der Waals surface area contributed by atoms with Crippen molar-refractivity contribution in [3.8, 4) is 0 Å². The van der Waals surface area contributed by atoms with Gasteiger partial charge in [0.05, 0.1) is 0 Å². The van der Waals surface area contributed by atoms with Gasteiger partial charge in [0.15, 0.2) is 0 Å². The summed E-state index contributed by atoms with van der Waals surface area (Å²) in [6.45, 7) is 16.9. The second kappa shape index (κ2) is 9.15. The van der Waals surface area contributed by atoms with Crippen LogP contribution in [-0.2, 0) is 0 Å². The van der Waals surface area contributed by atoms with E-state index in [1.807, 2.05) is 0 Å². The normalized spacial score (nSPS) is 48.0. The number of rotatable bonds is 7. The van der Waals surface area contributed by atoms with Crippen LogP contribution in [0.5, 0.6) is 0 Å². The molecule has 1 nitrogen and oxygen atoms in total. The summed E-state index contributed by atoms with van der Waals surface area (Å²) in [5.74, 6) is 7.22. The molecule has 0 spiro atoms. The SMILES string of the molecule is C=CC[C@@H]1[C@@H](N)CC[C@@]2(C)[C@H]1CC[C@@H]1[C@@H]2CC[C@]2(C)[C@@H]([C@@H](C)CCCC(C)C)CC[C@@H]12. The molecule has 0 aromatic heterocycles. The number of hydrogen-bond donors (Lipinski definition) is 1. The monoisotopic (exact) mass is 427 g/mol. The molecule has 4 aliphatic rings. The van der Waals surface area contributed by atoms with E-state index >= 15 is 0 Å². The summed E-state index contributed by atoms with van der Waals surface area (Å²) in [6.07, 6.45) is 19.2. The highest BCUT2D eigenvalue weighted by molar-refractivity contribution is 5.11. The van der Waals surface area contributed by atoms with Crippen LogP contribution in [0.3, 0.4) is 0 Å². The van der Waals surface area contributed by atoms with E-state index in [1.54, 1.807) is 0 Å². The van der Waals surface area contributed by atoms with E-state index in [1.165, 1.54) is 70.6 Å². The molecule has 0 unspecified atom stereocenters. The molecule has 2 N–H and O–H groups in total. The van der Waals surface area contributed by atoms with Crippen molar-refractivity contribution in [1.82, 2.24) is 0 Å².